The molecule has 2 atom stereocenters. The number of aliphatic hydroxyl groups excluding tert-OH is 1. The Kier molecular flexibility index (Phi) is 6.86. The number of sulfonamides is 1. The smallest absolute Gasteiger partial charge is 0.446 e. The molecule has 180 valence electrons. The number of hydrogen-bond acceptors (Lipinski definition) is 7. The second kappa shape index (κ2) is 10.0. The quantitative estimate of drug-likeness (QED) is 0.352. The van der Waals surface area contributed by atoms with E-state index in [-0.39, 0.29) is 17.3 Å². The number of hydrogen-bond donors (Lipinski definition) is 2. The van der Waals surface area contributed by atoms with Crippen LogP contribution in [-0.4, -0.2) is 37.2 Å². The molecule has 0 bridgehead atoms. The average molecular weight is 496 g/mol. The van der Waals surface area contributed by atoms with E-state index >= 15 is 0 Å². The summed E-state index contributed by atoms with van der Waals surface area (Å²) in [7, 11) is -4.15. The standard InChI is InChI=1S/C24H22N4O6S/c1-16-9-11-19(12-10-16)35(31,32)27-21(20-8-5-13-33-20)22(26-25)23(29)28-18(15-34-24(28)30)14-17-6-3-2-4-7-17/h2-13,18,21,27H,14-15H2,1H3/p+1/b23-22+/t18-,21+/m0/s1. The van der Waals surface area contributed by atoms with Gasteiger partial charge in [0.25, 0.3) is 5.88 Å². The average Bonchev–Trinajstić information content (AvgIpc) is 3.50. The van der Waals surface area contributed by atoms with E-state index in [2.05, 4.69) is 9.70 Å². The van der Waals surface area contributed by atoms with Crippen LogP contribution in [0.15, 0.2) is 93.9 Å². The maximum absolute atomic E-state index is 13.1. The lowest BCUT2D eigenvalue weighted by Gasteiger charge is -2.20. The molecular weight excluding hydrogens is 472 g/mol. The first kappa shape index (κ1) is 24.0. The van der Waals surface area contributed by atoms with Crippen LogP contribution in [0.5, 0.6) is 0 Å². The van der Waals surface area contributed by atoms with Crippen molar-refractivity contribution in [3.63, 3.8) is 0 Å². The summed E-state index contributed by atoms with van der Waals surface area (Å²) in [6.45, 7) is 1.80. The number of ether oxygens (including phenoxy) is 1. The normalized spacial score (nSPS) is 17.4. The Bertz CT molecular complexity index is 1360. The third kappa shape index (κ3) is 5.18. The van der Waals surface area contributed by atoms with E-state index in [0.717, 1.165) is 16.0 Å². The number of carbonyl (C=O) groups is 1. The van der Waals surface area contributed by atoms with Gasteiger partial charge in [-0.25, -0.2) is 18.1 Å². The van der Waals surface area contributed by atoms with Crippen molar-refractivity contribution in [2.75, 3.05) is 6.61 Å². The molecule has 1 fully saturated rings. The summed E-state index contributed by atoms with van der Waals surface area (Å²) in [6, 6.07) is 16.3. The Hall–Kier alpha value is -4.14. The fraction of sp³-hybridized carbons (Fsp3) is 0.208. The van der Waals surface area contributed by atoms with E-state index in [9.17, 15) is 23.7 Å². The Labute approximate surface area is 202 Å². The first-order chi connectivity index (χ1) is 16.8. The Balaban J connectivity index is 1.72. The number of amides is 1. The van der Waals surface area contributed by atoms with Gasteiger partial charge in [0.05, 0.1) is 17.2 Å². The Morgan fingerprint density at radius 1 is 1.17 bits per heavy atom. The van der Waals surface area contributed by atoms with Gasteiger partial charge in [0.1, 0.15) is 12.4 Å². The molecule has 10 nitrogen and oxygen atoms in total. The Morgan fingerprint density at radius 3 is 2.51 bits per heavy atom. The SMILES string of the molecule is Cc1ccc(S(=O)(=O)N[C@@H](/C([N+]#N)=C(\O)N2C(=O)OC[C@@H]2Cc2ccccc2)c2ccco2)cc1. The van der Waals surface area contributed by atoms with E-state index in [4.69, 9.17) is 9.15 Å². The van der Waals surface area contributed by atoms with E-state index in [0.29, 0.717) is 6.42 Å². The van der Waals surface area contributed by atoms with Crippen molar-refractivity contribution in [2.24, 2.45) is 0 Å². The second-order valence-corrected chi connectivity index (χ2v) is 9.70. The molecule has 2 aromatic carbocycles. The van der Waals surface area contributed by atoms with Gasteiger partial charge >= 0.3 is 11.8 Å². The largest absolute Gasteiger partial charge is 0.489 e. The van der Waals surface area contributed by atoms with Gasteiger partial charge in [0, 0.05) is 0 Å². The van der Waals surface area contributed by atoms with Crippen LogP contribution in [0.25, 0.3) is 4.98 Å². The minimum atomic E-state index is -4.15. The summed E-state index contributed by atoms with van der Waals surface area (Å²) in [5.74, 6) is -0.726. The van der Waals surface area contributed by atoms with Crippen LogP contribution in [0, 0.1) is 12.3 Å². The third-order valence-corrected chi connectivity index (χ3v) is 6.98. The summed E-state index contributed by atoms with van der Waals surface area (Å²) >= 11 is 0. The van der Waals surface area contributed by atoms with Crippen molar-refractivity contribution in [1.82, 2.24) is 9.62 Å². The van der Waals surface area contributed by atoms with Gasteiger partial charge in [0.2, 0.25) is 15.4 Å². The number of rotatable bonds is 8. The number of furan rings is 1. The maximum Gasteiger partial charge on any atom is 0.446 e. The molecule has 35 heavy (non-hydrogen) atoms. The van der Waals surface area contributed by atoms with Crippen LogP contribution in [0.1, 0.15) is 22.9 Å². The zero-order valence-electron chi connectivity index (χ0n) is 18.7. The van der Waals surface area contributed by atoms with Crippen molar-refractivity contribution >= 4 is 16.1 Å². The number of aryl methyl sites for hydroxylation is 1. The van der Waals surface area contributed by atoms with Crippen molar-refractivity contribution in [2.45, 2.75) is 30.3 Å². The number of nitrogens with zero attached hydrogens (tertiary/aromatic N) is 3. The minimum Gasteiger partial charge on any atom is -0.489 e. The highest BCUT2D eigenvalue weighted by atomic mass is 32.2. The molecule has 2 N–H and O–H groups in total. The lowest BCUT2D eigenvalue weighted by atomic mass is 10.1. The highest BCUT2D eigenvalue weighted by molar-refractivity contribution is 7.89. The summed E-state index contributed by atoms with van der Waals surface area (Å²) in [6.07, 6.45) is 0.788. The molecule has 11 heteroatoms. The number of aliphatic hydroxyl groups is 1. The van der Waals surface area contributed by atoms with Gasteiger partial charge in [0.15, 0.2) is 11.0 Å². The lowest BCUT2D eigenvalue weighted by Crippen LogP contribution is -2.37. The van der Waals surface area contributed by atoms with Crippen LogP contribution in [0.4, 0.5) is 4.79 Å². The maximum atomic E-state index is 13.1. The van der Waals surface area contributed by atoms with Crippen LogP contribution >= 0.6 is 0 Å². The molecule has 1 saturated heterocycles. The molecule has 1 aliphatic heterocycles. The first-order valence-electron chi connectivity index (χ1n) is 10.7. The zero-order valence-corrected chi connectivity index (χ0v) is 19.6. The van der Waals surface area contributed by atoms with Crippen molar-refractivity contribution in [3.8, 4) is 0 Å². The molecule has 4 rings (SSSR count). The van der Waals surface area contributed by atoms with Crippen LogP contribution in [0.3, 0.4) is 0 Å². The second-order valence-electron chi connectivity index (χ2n) is 7.98. The van der Waals surface area contributed by atoms with Gasteiger partial charge in [-0.05, 0) is 43.2 Å². The molecule has 0 aliphatic carbocycles. The van der Waals surface area contributed by atoms with Gasteiger partial charge in [-0.2, -0.15) is 4.72 Å². The molecule has 1 aliphatic rings. The van der Waals surface area contributed by atoms with Gasteiger partial charge in [-0.15, -0.1) is 0 Å². The molecule has 2 heterocycles. The molecule has 3 aromatic rings. The molecule has 1 amide bonds. The molecule has 1 aromatic heterocycles. The number of nitrogens with one attached hydrogen (secondary N) is 1. The fourth-order valence-electron chi connectivity index (χ4n) is 3.76. The summed E-state index contributed by atoms with van der Waals surface area (Å²) < 4.78 is 39.1. The van der Waals surface area contributed by atoms with Crippen LogP contribution in [-0.2, 0) is 21.2 Å². The number of carbonyl (C=O) groups excluding carboxylic acids is 1. The Morgan fingerprint density at radius 2 is 1.89 bits per heavy atom. The summed E-state index contributed by atoms with van der Waals surface area (Å²) in [4.78, 5) is 16.6. The predicted octanol–water partition coefficient (Wildman–Crippen LogP) is 4.25. The topological polar surface area (TPSA) is 137 Å². The van der Waals surface area contributed by atoms with Crippen molar-refractivity contribution in [3.05, 3.63) is 106 Å². The van der Waals surface area contributed by atoms with Crippen LogP contribution < -0.4 is 4.72 Å². The predicted molar refractivity (Wildman–Crippen MR) is 125 cm³/mol. The molecule has 0 unspecified atom stereocenters. The highest BCUT2D eigenvalue weighted by Gasteiger charge is 2.45. The fourth-order valence-corrected chi connectivity index (χ4v) is 4.92. The van der Waals surface area contributed by atoms with E-state index in [1.807, 2.05) is 37.3 Å². The lowest BCUT2D eigenvalue weighted by molar-refractivity contribution is 0.147. The number of benzene rings is 2. The third-order valence-electron chi connectivity index (χ3n) is 5.55. The number of cyclic esters (lactones) is 1. The molecular formula is C24H23N4O6S+. The van der Waals surface area contributed by atoms with Gasteiger partial charge < -0.3 is 14.3 Å². The molecule has 0 radical (unpaired) electrons. The number of diazo groups is 1. The van der Waals surface area contributed by atoms with E-state index in [1.165, 1.54) is 30.5 Å². The monoisotopic (exact) mass is 495 g/mol. The van der Waals surface area contributed by atoms with Crippen molar-refractivity contribution < 1.29 is 27.5 Å². The van der Waals surface area contributed by atoms with E-state index < -0.39 is 39.8 Å². The van der Waals surface area contributed by atoms with Crippen LogP contribution in [0.2, 0.25) is 0 Å². The van der Waals surface area contributed by atoms with Gasteiger partial charge in [-0.1, -0.05) is 48.0 Å². The summed E-state index contributed by atoms with van der Waals surface area (Å²) in [5.41, 5.74) is 1.22. The zero-order chi connectivity index (χ0) is 25.0. The molecule has 0 spiro atoms. The van der Waals surface area contributed by atoms with Crippen molar-refractivity contribution in [1.29, 1.82) is 5.39 Å². The molecule has 0 saturated carbocycles. The van der Waals surface area contributed by atoms with E-state index in [1.54, 1.807) is 12.1 Å². The summed E-state index contributed by atoms with van der Waals surface area (Å²) in [5, 5.41) is 20.9. The minimum absolute atomic E-state index is 0.0169. The highest BCUT2D eigenvalue weighted by Crippen LogP contribution is 2.31. The van der Waals surface area contributed by atoms with Gasteiger partial charge in [-0.3, -0.25) is 0 Å². The first-order valence-corrected chi connectivity index (χ1v) is 12.2.